The summed E-state index contributed by atoms with van der Waals surface area (Å²) in [7, 11) is 0. The molecule has 0 aliphatic heterocycles. The summed E-state index contributed by atoms with van der Waals surface area (Å²) in [5, 5.41) is 0. The summed E-state index contributed by atoms with van der Waals surface area (Å²) in [6.07, 6.45) is 1.69. The maximum atomic E-state index is 11.6. The number of nitrogens with one attached hydrogen (secondary N) is 3. The Balaban J connectivity index is 2.42. The van der Waals surface area contributed by atoms with E-state index in [9.17, 15) is 4.79 Å². The quantitative estimate of drug-likeness (QED) is 0.436. The predicted octanol–water partition coefficient (Wildman–Crippen LogP) is 1.55. The average Bonchev–Trinajstić information content (AvgIpc) is 2.38. The smallest absolute Gasteiger partial charge is 0.290 e. The van der Waals surface area contributed by atoms with Gasteiger partial charge >= 0.3 is 5.69 Å². The third-order valence-corrected chi connectivity index (χ3v) is 2.82. The molecule has 0 unspecified atom stereocenters. The molecule has 0 aliphatic carbocycles. The number of hydrogen-bond acceptors (Lipinski definition) is 5. The fourth-order valence-electron chi connectivity index (χ4n) is 1.95. The van der Waals surface area contributed by atoms with Gasteiger partial charge in [-0.15, -0.1) is 6.58 Å². The molecule has 1 aromatic carbocycles. The molecule has 20 heavy (non-hydrogen) atoms. The van der Waals surface area contributed by atoms with E-state index in [1.54, 1.807) is 6.08 Å². The van der Waals surface area contributed by atoms with Crippen molar-refractivity contribution in [3.05, 3.63) is 52.5 Å². The van der Waals surface area contributed by atoms with Gasteiger partial charge in [-0.25, -0.2) is 10.2 Å². The van der Waals surface area contributed by atoms with Crippen LogP contribution in [-0.4, -0.2) is 21.5 Å². The van der Waals surface area contributed by atoms with Gasteiger partial charge in [0.25, 0.3) is 0 Å². The number of nitrogens with zero attached hydrogens (tertiary/aromatic N) is 2. The Bertz CT molecular complexity index is 657. The van der Waals surface area contributed by atoms with Gasteiger partial charge < -0.3 is 0 Å². The van der Waals surface area contributed by atoms with Gasteiger partial charge in [0, 0.05) is 12.1 Å². The minimum atomic E-state index is -0.444. The van der Waals surface area contributed by atoms with Gasteiger partial charge in [-0.05, 0) is 25.0 Å². The highest BCUT2D eigenvalue weighted by molar-refractivity contribution is 5.64. The van der Waals surface area contributed by atoms with E-state index in [0.717, 1.165) is 16.7 Å². The van der Waals surface area contributed by atoms with E-state index >= 15 is 0 Å². The first kappa shape index (κ1) is 14.0. The first-order chi connectivity index (χ1) is 9.61. The van der Waals surface area contributed by atoms with E-state index < -0.39 is 5.69 Å². The highest BCUT2D eigenvalue weighted by Gasteiger charge is 2.10. The lowest BCUT2D eigenvalue weighted by Gasteiger charge is -2.10. The van der Waals surface area contributed by atoms with E-state index in [4.69, 9.17) is 0 Å². The van der Waals surface area contributed by atoms with Crippen LogP contribution in [0.25, 0.3) is 11.4 Å². The number of rotatable bonds is 5. The Morgan fingerprint density at radius 3 is 2.65 bits per heavy atom. The van der Waals surface area contributed by atoms with Crippen molar-refractivity contribution in [2.75, 3.05) is 12.0 Å². The normalized spacial score (nSPS) is 10.3. The second-order valence-electron chi connectivity index (χ2n) is 4.39. The van der Waals surface area contributed by atoms with Crippen LogP contribution >= 0.6 is 0 Å². The second kappa shape index (κ2) is 6.12. The zero-order valence-electron chi connectivity index (χ0n) is 11.5. The fraction of sp³-hybridized carbons (Fsp3) is 0.214. The van der Waals surface area contributed by atoms with Gasteiger partial charge in [0.1, 0.15) is 5.82 Å². The third-order valence-electron chi connectivity index (χ3n) is 2.82. The lowest BCUT2D eigenvalue weighted by atomic mass is 10.0. The summed E-state index contributed by atoms with van der Waals surface area (Å²) in [6.45, 7) is 8.08. The number of hydrogen-bond donors (Lipinski definition) is 3. The molecule has 2 aromatic rings. The number of H-pyrrole nitrogens is 1. The van der Waals surface area contributed by atoms with Crippen LogP contribution in [0.1, 0.15) is 11.1 Å². The molecule has 0 fully saturated rings. The number of anilines is 1. The zero-order chi connectivity index (χ0) is 14.5. The average molecular weight is 271 g/mol. The van der Waals surface area contributed by atoms with Crippen LogP contribution in [0, 0.1) is 13.8 Å². The molecule has 0 spiro atoms. The summed E-state index contributed by atoms with van der Waals surface area (Å²) in [5.41, 5.74) is 8.18. The molecule has 1 heterocycles. The van der Waals surface area contributed by atoms with E-state index in [1.807, 2.05) is 32.0 Å². The van der Waals surface area contributed by atoms with Crippen LogP contribution in [-0.2, 0) is 0 Å². The Hall–Kier alpha value is -2.47. The van der Waals surface area contributed by atoms with Crippen molar-refractivity contribution in [3.63, 3.8) is 0 Å². The predicted molar refractivity (Wildman–Crippen MR) is 79.4 cm³/mol. The second-order valence-corrected chi connectivity index (χ2v) is 4.39. The molecule has 0 radical (unpaired) electrons. The molecule has 3 N–H and O–H groups in total. The maximum absolute atomic E-state index is 11.6. The standard InChI is InChI=1S/C14H17N5O/c1-4-8-15-19-13-16-12(17-14(20)18-13)11-9(2)6-5-7-10(11)3/h4-7,15H,1,8H2,2-3H3,(H2,16,17,18,19,20). The number of benzene rings is 1. The van der Waals surface area contributed by atoms with Gasteiger partial charge in [-0.2, -0.15) is 9.97 Å². The molecule has 0 aliphatic rings. The van der Waals surface area contributed by atoms with Crippen LogP contribution in [0.2, 0.25) is 0 Å². The lowest BCUT2D eigenvalue weighted by Crippen LogP contribution is -2.26. The minimum absolute atomic E-state index is 0.230. The van der Waals surface area contributed by atoms with Crippen LogP contribution in [0.15, 0.2) is 35.6 Å². The lowest BCUT2D eigenvalue weighted by molar-refractivity contribution is 0.853. The first-order valence-electron chi connectivity index (χ1n) is 6.26. The molecule has 2 rings (SSSR count). The van der Waals surface area contributed by atoms with Gasteiger partial charge in [-0.1, -0.05) is 24.3 Å². The highest BCUT2D eigenvalue weighted by Crippen LogP contribution is 2.23. The maximum Gasteiger partial charge on any atom is 0.349 e. The van der Waals surface area contributed by atoms with Crippen LogP contribution in [0.5, 0.6) is 0 Å². The van der Waals surface area contributed by atoms with Gasteiger partial charge in [-0.3, -0.25) is 10.4 Å². The molecule has 0 amide bonds. The number of aromatic nitrogens is 3. The molecule has 1 aromatic heterocycles. The van der Waals surface area contributed by atoms with Crippen LogP contribution in [0.3, 0.4) is 0 Å². The first-order valence-corrected chi connectivity index (χ1v) is 6.26. The van der Waals surface area contributed by atoms with Crippen LogP contribution in [0.4, 0.5) is 5.95 Å². The molecule has 0 saturated carbocycles. The number of aromatic amines is 1. The molecule has 0 atom stereocenters. The zero-order valence-corrected chi connectivity index (χ0v) is 11.5. The Morgan fingerprint density at radius 2 is 2.00 bits per heavy atom. The van der Waals surface area contributed by atoms with E-state index in [2.05, 4.69) is 32.4 Å². The fourth-order valence-corrected chi connectivity index (χ4v) is 1.95. The summed E-state index contributed by atoms with van der Waals surface area (Å²) in [4.78, 5) is 22.4. The molecule has 0 bridgehead atoms. The SMILES string of the molecule is C=CCNNc1nc(-c2c(C)cccc2C)[nH]c(=O)n1. The number of hydrazine groups is 1. The van der Waals surface area contributed by atoms with Crippen molar-refractivity contribution in [2.24, 2.45) is 0 Å². The molecular weight excluding hydrogens is 254 g/mol. The summed E-state index contributed by atoms with van der Waals surface area (Å²) < 4.78 is 0. The summed E-state index contributed by atoms with van der Waals surface area (Å²) in [6, 6.07) is 5.93. The van der Waals surface area contributed by atoms with E-state index in [1.165, 1.54) is 0 Å². The van der Waals surface area contributed by atoms with Crippen molar-refractivity contribution in [2.45, 2.75) is 13.8 Å². The minimum Gasteiger partial charge on any atom is -0.290 e. The molecule has 0 saturated heterocycles. The van der Waals surface area contributed by atoms with Crippen molar-refractivity contribution >= 4 is 5.95 Å². The summed E-state index contributed by atoms with van der Waals surface area (Å²) in [5.74, 6) is 0.733. The highest BCUT2D eigenvalue weighted by atomic mass is 16.1. The summed E-state index contributed by atoms with van der Waals surface area (Å²) >= 11 is 0. The molecule has 6 heteroatoms. The van der Waals surface area contributed by atoms with Crippen molar-refractivity contribution in [1.82, 2.24) is 20.4 Å². The van der Waals surface area contributed by atoms with Crippen molar-refractivity contribution in [1.29, 1.82) is 0 Å². The third kappa shape index (κ3) is 3.10. The van der Waals surface area contributed by atoms with Gasteiger partial charge in [0.2, 0.25) is 5.95 Å². The largest absolute Gasteiger partial charge is 0.349 e. The Kier molecular flexibility index (Phi) is 4.27. The molecular formula is C14H17N5O. The van der Waals surface area contributed by atoms with E-state index in [-0.39, 0.29) is 5.95 Å². The van der Waals surface area contributed by atoms with Crippen LogP contribution < -0.4 is 16.5 Å². The van der Waals surface area contributed by atoms with Crippen molar-refractivity contribution in [3.8, 4) is 11.4 Å². The van der Waals surface area contributed by atoms with E-state index in [0.29, 0.717) is 12.4 Å². The monoisotopic (exact) mass is 271 g/mol. The Labute approximate surface area is 117 Å². The van der Waals surface area contributed by atoms with Gasteiger partial charge in [0.15, 0.2) is 0 Å². The molecule has 6 nitrogen and oxygen atoms in total. The van der Waals surface area contributed by atoms with Gasteiger partial charge in [0.05, 0.1) is 0 Å². The van der Waals surface area contributed by atoms with Crippen molar-refractivity contribution < 1.29 is 0 Å². The number of aryl methyl sites for hydroxylation is 2. The molecule has 104 valence electrons. The Morgan fingerprint density at radius 1 is 1.30 bits per heavy atom. The topological polar surface area (TPSA) is 82.7 Å².